The number of thiophene rings is 1. The maximum Gasteiger partial charge on any atom is 0.271 e. The first-order valence-electron chi connectivity index (χ1n) is 7.71. The second kappa shape index (κ2) is 6.33. The van der Waals surface area contributed by atoms with Gasteiger partial charge in [0.05, 0.1) is 15.1 Å². The largest absolute Gasteiger partial charge is 0.324 e. The lowest BCUT2D eigenvalue weighted by molar-refractivity contribution is -0.127. The molecule has 0 radical (unpaired) electrons. The Balaban J connectivity index is 1.71. The van der Waals surface area contributed by atoms with E-state index in [1.165, 1.54) is 22.7 Å². The molecule has 2 amide bonds. The number of fused-ring (bicyclic) bond motifs is 1. The maximum atomic E-state index is 12.9. The molecule has 24 heavy (non-hydrogen) atoms. The quantitative estimate of drug-likeness (QED) is 0.717. The number of hydrogen-bond donors (Lipinski definition) is 0. The zero-order valence-corrected chi connectivity index (χ0v) is 14.5. The summed E-state index contributed by atoms with van der Waals surface area (Å²) in [5, 5.41) is 2.51. The predicted molar refractivity (Wildman–Crippen MR) is 96.6 cm³/mol. The molecule has 0 aliphatic carbocycles. The predicted octanol–water partition coefficient (Wildman–Crippen LogP) is 3.58. The summed E-state index contributed by atoms with van der Waals surface area (Å²) in [5.74, 6) is -0.0103. The van der Waals surface area contributed by atoms with Crippen LogP contribution in [-0.2, 0) is 4.79 Å². The highest BCUT2D eigenvalue weighted by molar-refractivity contribution is 7.22. The SMILES string of the molecule is O=C1CCCN1CN(C(=O)c1cccs1)c1nc2ccccc2s1. The monoisotopic (exact) mass is 357 g/mol. The first-order valence-corrected chi connectivity index (χ1v) is 9.41. The molecule has 1 fully saturated rings. The highest BCUT2D eigenvalue weighted by atomic mass is 32.1. The van der Waals surface area contributed by atoms with Gasteiger partial charge in [-0.3, -0.25) is 14.5 Å². The number of benzene rings is 1. The molecule has 122 valence electrons. The van der Waals surface area contributed by atoms with E-state index in [4.69, 9.17) is 0 Å². The van der Waals surface area contributed by atoms with Gasteiger partial charge < -0.3 is 4.90 Å². The van der Waals surface area contributed by atoms with Crippen LogP contribution in [-0.4, -0.2) is 34.9 Å². The number of thiazole rings is 1. The number of hydrogen-bond acceptors (Lipinski definition) is 5. The topological polar surface area (TPSA) is 53.5 Å². The maximum absolute atomic E-state index is 12.9. The Labute approximate surface area is 147 Å². The van der Waals surface area contributed by atoms with Crippen molar-refractivity contribution in [1.29, 1.82) is 0 Å². The molecule has 0 unspecified atom stereocenters. The summed E-state index contributed by atoms with van der Waals surface area (Å²) in [6, 6.07) is 11.5. The second-order valence-corrected chi connectivity index (χ2v) is 7.53. The summed E-state index contributed by atoms with van der Waals surface area (Å²) in [4.78, 5) is 33.6. The molecule has 4 rings (SSSR count). The van der Waals surface area contributed by atoms with Gasteiger partial charge in [0, 0.05) is 13.0 Å². The van der Waals surface area contributed by atoms with Crippen molar-refractivity contribution in [2.45, 2.75) is 12.8 Å². The van der Waals surface area contributed by atoms with Crippen LogP contribution in [0.3, 0.4) is 0 Å². The number of nitrogens with zero attached hydrogens (tertiary/aromatic N) is 3. The van der Waals surface area contributed by atoms with Crippen LogP contribution in [0.4, 0.5) is 5.13 Å². The number of anilines is 1. The fourth-order valence-electron chi connectivity index (χ4n) is 2.74. The van der Waals surface area contributed by atoms with E-state index < -0.39 is 0 Å². The molecule has 1 aromatic carbocycles. The Morgan fingerprint density at radius 3 is 2.83 bits per heavy atom. The third-order valence-corrected chi connectivity index (χ3v) is 5.89. The highest BCUT2D eigenvalue weighted by Gasteiger charge is 2.28. The second-order valence-electron chi connectivity index (χ2n) is 5.58. The minimum absolute atomic E-state index is 0.0973. The van der Waals surface area contributed by atoms with Gasteiger partial charge in [-0.15, -0.1) is 11.3 Å². The average Bonchev–Trinajstić information content (AvgIpc) is 3.32. The van der Waals surface area contributed by atoms with Crippen molar-refractivity contribution in [2.24, 2.45) is 0 Å². The van der Waals surface area contributed by atoms with Crippen molar-refractivity contribution >= 4 is 49.8 Å². The minimum Gasteiger partial charge on any atom is -0.324 e. The Bertz CT molecular complexity index is 855. The molecule has 0 saturated carbocycles. The van der Waals surface area contributed by atoms with Gasteiger partial charge in [-0.05, 0) is 30.0 Å². The van der Waals surface area contributed by atoms with Gasteiger partial charge in [0.25, 0.3) is 5.91 Å². The molecular weight excluding hydrogens is 342 g/mol. The first kappa shape index (κ1) is 15.3. The van der Waals surface area contributed by atoms with E-state index in [0.717, 1.165) is 16.6 Å². The number of likely N-dealkylation sites (tertiary alicyclic amines) is 1. The van der Waals surface area contributed by atoms with E-state index in [1.807, 2.05) is 35.7 Å². The zero-order valence-electron chi connectivity index (χ0n) is 12.8. The molecule has 0 bridgehead atoms. The van der Waals surface area contributed by atoms with Crippen LogP contribution >= 0.6 is 22.7 Å². The Morgan fingerprint density at radius 1 is 1.25 bits per heavy atom. The lowest BCUT2D eigenvalue weighted by atomic mass is 10.3. The molecule has 1 aliphatic heterocycles. The zero-order chi connectivity index (χ0) is 16.5. The number of rotatable bonds is 4. The van der Waals surface area contributed by atoms with Crippen molar-refractivity contribution in [3.05, 3.63) is 46.7 Å². The van der Waals surface area contributed by atoms with E-state index in [1.54, 1.807) is 15.9 Å². The molecular formula is C17H15N3O2S2. The third-order valence-electron chi connectivity index (χ3n) is 3.97. The summed E-state index contributed by atoms with van der Waals surface area (Å²) in [6.45, 7) is 0.952. The molecule has 3 heterocycles. The minimum atomic E-state index is -0.108. The summed E-state index contributed by atoms with van der Waals surface area (Å²) < 4.78 is 1.03. The van der Waals surface area contributed by atoms with E-state index in [9.17, 15) is 9.59 Å². The number of carbonyl (C=O) groups excluding carboxylic acids is 2. The van der Waals surface area contributed by atoms with Crippen molar-refractivity contribution in [2.75, 3.05) is 18.1 Å². The van der Waals surface area contributed by atoms with Crippen molar-refractivity contribution in [1.82, 2.24) is 9.88 Å². The van der Waals surface area contributed by atoms with Crippen LogP contribution in [0, 0.1) is 0 Å². The molecule has 7 heteroatoms. The summed E-state index contributed by atoms with van der Waals surface area (Å²) in [7, 11) is 0. The van der Waals surface area contributed by atoms with Crippen LogP contribution in [0.2, 0.25) is 0 Å². The van der Waals surface area contributed by atoms with Crippen LogP contribution in [0.1, 0.15) is 22.5 Å². The highest BCUT2D eigenvalue weighted by Crippen LogP contribution is 2.30. The van der Waals surface area contributed by atoms with Crippen molar-refractivity contribution in [3.63, 3.8) is 0 Å². The van der Waals surface area contributed by atoms with Crippen LogP contribution in [0.15, 0.2) is 41.8 Å². The average molecular weight is 357 g/mol. The van der Waals surface area contributed by atoms with E-state index in [-0.39, 0.29) is 18.5 Å². The molecule has 5 nitrogen and oxygen atoms in total. The van der Waals surface area contributed by atoms with Gasteiger partial charge in [-0.1, -0.05) is 29.5 Å². The standard InChI is InChI=1S/C17H15N3O2S2/c21-15-8-3-9-19(15)11-20(16(22)14-7-4-10-23-14)17-18-12-5-1-2-6-13(12)24-17/h1-2,4-7,10H,3,8-9,11H2. The van der Waals surface area contributed by atoms with Gasteiger partial charge in [0.1, 0.15) is 6.67 Å². The lowest BCUT2D eigenvalue weighted by Gasteiger charge is -2.25. The summed E-state index contributed by atoms with van der Waals surface area (Å²) in [5.41, 5.74) is 0.870. The lowest BCUT2D eigenvalue weighted by Crippen LogP contribution is -2.42. The summed E-state index contributed by atoms with van der Waals surface area (Å²) in [6.07, 6.45) is 1.40. The van der Waals surface area contributed by atoms with Crippen LogP contribution in [0.25, 0.3) is 10.2 Å². The number of aromatic nitrogens is 1. The van der Waals surface area contributed by atoms with Gasteiger partial charge in [-0.2, -0.15) is 0 Å². The van der Waals surface area contributed by atoms with Crippen molar-refractivity contribution < 1.29 is 9.59 Å². The molecule has 2 aromatic heterocycles. The third kappa shape index (κ3) is 2.81. The van der Waals surface area contributed by atoms with Gasteiger partial charge >= 0.3 is 0 Å². The molecule has 3 aromatic rings. The normalized spacial score (nSPS) is 14.5. The molecule has 1 saturated heterocycles. The first-order chi connectivity index (χ1) is 11.7. The number of para-hydroxylation sites is 1. The molecule has 0 atom stereocenters. The van der Waals surface area contributed by atoms with E-state index >= 15 is 0 Å². The Hall–Kier alpha value is -2.25. The van der Waals surface area contributed by atoms with Crippen LogP contribution in [0.5, 0.6) is 0 Å². The van der Waals surface area contributed by atoms with Crippen molar-refractivity contribution in [3.8, 4) is 0 Å². The van der Waals surface area contributed by atoms with Gasteiger partial charge in [-0.25, -0.2) is 4.98 Å². The smallest absolute Gasteiger partial charge is 0.271 e. The Morgan fingerprint density at radius 2 is 2.12 bits per heavy atom. The number of amides is 2. The van der Waals surface area contributed by atoms with E-state index in [0.29, 0.717) is 23.0 Å². The van der Waals surface area contributed by atoms with Gasteiger partial charge in [0.2, 0.25) is 5.91 Å². The molecule has 1 aliphatic rings. The molecule has 0 spiro atoms. The van der Waals surface area contributed by atoms with E-state index in [2.05, 4.69) is 4.98 Å². The fourth-order valence-corrected chi connectivity index (χ4v) is 4.37. The summed E-state index contributed by atoms with van der Waals surface area (Å²) >= 11 is 2.88. The molecule has 0 N–H and O–H groups in total. The number of carbonyl (C=O) groups is 2. The fraction of sp³-hybridized carbons (Fsp3) is 0.235. The van der Waals surface area contributed by atoms with Gasteiger partial charge in [0.15, 0.2) is 5.13 Å². The van der Waals surface area contributed by atoms with Crippen LogP contribution < -0.4 is 4.90 Å². The Kier molecular flexibility index (Phi) is 4.03.